The molecule has 9 heteroatoms. The largest absolute Gasteiger partial charge is 0.468 e. The molecule has 0 aliphatic rings. The number of aliphatic imine (C=N–C) groups is 1. The molecule has 132 valence electrons. The highest BCUT2D eigenvalue weighted by Gasteiger charge is 2.28. The van der Waals surface area contributed by atoms with Crippen molar-refractivity contribution in [2.45, 2.75) is 33.0 Å². The molecule has 0 saturated heterocycles. The van der Waals surface area contributed by atoms with Gasteiger partial charge < -0.3 is 15.8 Å². The van der Waals surface area contributed by atoms with Gasteiger partial charge in [0.2, 0.25) is 5.88 Å². The molecule has 0 spiro atoms. The number of ether oxygens (including phenoxy) is 1. The highest BCUT2D eigenvalue weighted by molar-refractivity contribution is 14.0. The smallest absolute Gasteiger partial charge is 0.422 e. The summed E-state index contributed by atoms with van der Waals surface area (Å²) in [6, 6.07) is 2.97. The summed E-state index contributed by atoms with van der Waals surface area (Å²) in [4.78, 5) is 7.92. The summed E-state index contributed by atoms with van der Waals surface area (Å²) in [5, 5.41) is 2.99. The van der Waals surface area contributed by atoms with Gasteiger partial charge in [0.15, 0.2) is 12.6 Å². The first-order valence-electron chi connectivity index (χ1n) is 6.94. The van der Waals surface area contributed by atoms with Crippen LogP contribution in [0.15, 0.2) is 23.3 Å². The summed E-state index contributed by atoms with van der Waals surface area (Å²) in [7, 11) is 0. The summed E-state index contributed by atoms with van der Waals surface area (Å²) in [6.45, 7) is 3.92. The molecular formula is C14H22F3IN4O. The van der Waals surface area contributed by atoms with Crippen LogP contribution in [-0.4, -0.2) is 30.3 Å². The molecule has 23 heavy (non-hydrogen) atoms. The van der Waals surface area contributed by atoms with Crippen molar-refractivity contribution in [1.29, 1.82) is 0 Å². The normalized spacial score (nSPS) is 12.0. The average Bonchev–Trinajstić information content (AvgIpc) is 2.43. The van der Waals surface area contributed by atoms with Gasteiger partial charge >= 0.3 is 6.18 Å². The molecule has 0 aliphatic heterocycles. The summed E-state index contributed by atoms with van der Waals surface area (Å²) in [6.07, 6.45) is -1.97. The number of alkyl halides is 3. The summed E-state index contributed by atoms with van der Waals surface area (Å²) in [5.74, 6) is 0.833. The lowest BCUT2D eigenvalue weighted by atomic mass is 10.1. The molecule has 1 rings (SSSR count). The van der Waals surface area contributed by atoms with Crippen LogP contribution in [0.4, 0.5) is 13.2 Å². The Bertz CT molecular complexity index is 478. The average molecular weight is 446 g/mol. The molecule has 1 heterocycles. The zero-order valence-electron chi connectivity index (χ0n) is 13.1. The van der Waals surface area contributed by atoms with Crippen LogP contribution in [-0.2, 0) is 6.54 Å². The third kappa shape index (κ3) is 11.0. The molecule has 1 aromatic rings. The van der Waals surface area contributed by atoms with Gasteiger partial charge in [0, 0.05) is 18.8 Å². The maximum atomic E-state index is 12.0. The van der Waals surface area contributed by atoms with Gasteiger partial charge in [-0.05, 0) is 17.9 Å². The third-order valence-corrected chi connectivity index (χ3v) is 2.64. The van der Waals surface area contributed by atoms with Crippen molar-refractivity contribution in [1.82, 2.24) is 10.3 Å². The zero-order valence-corrected chi connectivity index (χ0v) is 15.4. The van der Waals surface area contributed by atoms with Crippen LogP contribution in [0.2, 0.25) is 0 Å². The fourth-order valence-corrected chi connectivity index (χ4v) is 1.47. The van der Waals surface area contributed by atoms with Crippen molar-refractivity contribution in [2.24, 2.45) is 16.6 Å². The Morgan fingerprint density at radius 1 is 1.39 bits per heavy atom. The number of halogens is 4. The van der Waals surface area contributed by atoms with Crippen LogP contribution < -0.4 is 15.8 Å². The van der Waals surface area contributed by atoms with E-state index in [1.54, 1.807) is 6.07 Å². The number of hydrogen-bond acceptors (Lipinski definition) is 3. The number of hydrogen-bond donors (Lipinski definition) is 2. The van der Waals surface area contributed by atoms with Crippen molar-refractivity contribution in [3.05, 3.63) is 23.9 Å². The van der Waals surface area contributed by atoms with Gasteiger partial charge in [0.05, 0.1) is 6.54 Å². The van der Waals surface area contributed by atoms with E-state index in [0.717, 1.165) is 18.5 Å². The van der Waals surface area contributed by atoms with Gasteiger partial charge in [-0.3, -0.25) is 0 Å². The van der Waals surface area contributed by atoms with Crippen molar-refractivity contribution >= 4 is 29.9 Å². The Kier molecular flexibility index (Phi) is 9.93. The number of nitrogens with one attached hydrogen (secondary N) is 1. The zero-order chi connectivity index (χ0) is 16.6. The molecule has 0 bridgehead atoms. The van der Waals surface area contributed by atoms with Crippen molar-refractivity contribution in [2.75, 3.05) is 13.2 Å². The molecule has 0 aliphatic carbocycles. The van der Waals surface area contributed by atoms with E-state index in [9.17, 15) is 13.2 Å². The maximum Gasteiger partial charge on any atom is 0.422 e. The van der Waals surface area contributed by atoms with Gasteiger partial charge in [-0.15, -0.1) is 24.0 Å². The van der Waals surface area contributed by atoms with Gasteiger partial charge in [-0.2, -0.15) is 13.2 Å². The molecule has 0 unspecified atom stereocenters. The quantitative estimate of drug-likeness (QED) is 0.384. The number of nitrogens with two attached hydrogens (primary N) is 1. The minimum Gasteiger partial charge on any atom is -0.468 e. The van der Waals surface area contributed by atoms with Gasteiger partial charge in [-0.25, -0.2) is 9.98 Å². The van der Waals surface area contributed by atoms with E-state index in [-0.39, 0.29) is 29.9 Å². The first kappa shape index (κ1) is 21.7. The standard InChI is InChI=1S/C14H21F3N4O.HI/c1-10(2)5-6-19-13(18)21-8-11-3-4-12(20-7-11)22-9-14(15,16)17;/h3-4,7,10H,5-6,8-9H2,1-2H3,(H3,18,19,21);1H. The predicted octanol–water partition coefficient (Wildman–Crippen LogP) is 3.09. The second kappa shape index (κ2) is 10.5. The van der Waals surface area contributed by atoms with Gasteiger partial charge in [0.1, 0.15) is 0 Å². The molecule has 0 fully saturated rings. The number of nitrogens with zero attached hydrogens (tertiary/aromatic N) is 2. The molecule has 0 atom stereocenters. The van der Waals surface area contributed by atoms with Gasteiger partial charge in [-0.1, -0.05) is 19.9 Å². The minimum absolute atomic E-state index is 0. The SMILES string of the molecule is CC(C)CCNC(N)=NCc1ccc(OCC(F)(F)F)nc1.I. The van der Waals surface area contributed by atoms with Crippen molar-refractivity contribution < 1.29 is 17.9 Å². The van der Waals surface area contributed by atoms with E-state index in [1.165, 1.54) is 12.3 Å². The fraction of sp³-hybridized carbons (Fsp3) is 0.571. The van der Waals surface area contributed by atoms with E-state index in [2.05, 4.69) is 33.9 Å². The van der Waals surface area contributed by atoms with Crippen LogP contribution in [0.5, 0.6) is 5.88 Å². The van der Waals surface area contributed by atoms with Crippen LogP contribution >= 0.6 is 24.0 Å². The Balaban J connectivity index is 0.00000484. The highest BCUT2D eigenvalue weighted by atomic mass is 127. The van der Waals surface area contributed by atoms with Crippen LogP contribution in [0.1, 0.15) is 25.8 Å². The predicted molar refractivity (Wildman–Crippen MR) is 94.0 cm³/mol. The Labute approximate surface area is 150 Å². The fourth-order valence-electron chi connectivity index (χ4n) is 1.47. The molecule has 5 nitrogen and oxygen atoms in total. The summed E-state index contributed by atoms with van der Waals surface area (Å²) < 4.78 is 40.5. The third-order valence-electron chi connectivity index (χ3n) is 2.64. The lowest BCUT2D eigenvalue weighted by molar-refractivity contribution is -0.154. The van der Waals surface area contributed by atoms with Gasteiger partial charge in [0.25, 0.3) is 0 Å². The lowest BCUT2D eigenvalue weighted by Crippen LogP contribution is -2.32. The molecular weight excluding hydrogens is 424 g/mol. The minimum atomic E-state index is -4.37. The number of guanidine groups is 1. The Hall–Kier alpha value is -1.26. The molecule has 3 N–H and O–H groups in total. The van der Waals surface area contributed by atoms with E-state index in [4.69, 9.17) is 5.73 Å². The molecule has 0 radical (unpaired) electrons. The number of rotatable bonds is 7. The van der Waals surface area contributed by atoms with E-state index in [1.807, 2.05) is 0 Å². The number of pyridine rings is 1. The maximum absolute atomic E-state index is 12.0. The topological polar surface area (TPSA) is 72.5 Å². The summed E-state index contributed by atoms with van der Waals surface area (Å²) in [5.41, 5.74) is 6.43. The van der Waals surface area contributed by atoms with E-state index in [0.29, 0.717) is 18.4 Å². The lowest BCUT2D eigenvalue weighted by Gasteiger charge is -2.09. The molecule has 0 saturated carbocycles. The summed E-state index contributed by atoms with van der Waals surface area (Å²) >= 11 is 0. The molecule has 0 amide bonds. The second-order valence-corrected chi connectivity index (χ2v) is 5.22. The van der Waals surface area contributed by atoms with Crippen LogP contribution in [0.3, 0.4) is 0 Å². The highest BCUT2D eigenvalue weighted by Crippen LogP contribution is 2.17. The van der Waals surface area contributed by atoms with Crippen LogP contribution in [0, 0.1) is 5.92 Å². The Morgan fingerprint density at radius 2 is 2.09 bits per heavy atom. The van der Waals surface area contributed by atoms with Crippen molar-refractivity contribution in [3.8, 4) is 5.88 Å². The van der Waals surface area contributed by atoms with E-state index < -0.39 is 12.8 Å². The number of aromatic nitrogens is 1. The second-order valence-electron chi connectivity index (χ2n) is 5.22. The van der Waals surface area contributed by atoms with E-state index >= 15 is 0 Å². The first-order valence-corrected chi connectivity index (χ1v) is 6.94. The van der Waals surface area contributed by atoms with Crippen molar-refractivity contribution in [3.63, 3.8) is 0 Å². The Morgan fingerprint density at radius 3 is 2.61 bits per heavy atom. The molecule has 1 aromatic heterocycles. The van der Waals surface area contributed by atoms with Crippen LogP contribution in [0.25, 0.3) is 0 Å². The first-order chi connectivity index (χ1) is 10.3. The monoisotopic (exact) mass is 446 g/mol. The molecule has 0 aromatic carbocycles.